The van der Waals surface area contributed by atoms with Gasteiger partial charge in [0.15, 0.2) is 0 Å². The summed E-state index contributed by atoms with van der Waals surface area (Å²) < 4.78 is 0. The second-order valence-corrected chi connectivity index (χ2v) is 12.6. The Morgan fingerprint density at radius 2 is 0.750 bits per heavy atom. The van der Waals surface area contributed by atoms with Gasteiger partial charge in [-0.2, -0.15) is 0 Å². The molecule has 0 bridgehead atoms. The lowest BCUT2D eigenvalue weighted by Gasteiger charge is -2.26. The standard InChI is InChI=1S/C47H33N/c1-2-8-33(9-3-1)35-16-23-43(24-17-35)48(44-25-18-36(19-26-44)39-15-14-34-10-4-5-11-38(34)30-39)45-27-20-37(21-28-45)40-22-29-47-42(31-40)32-41-12-6-7-13-46(41)47/h1-31H,32H2. The van der Waals surface area contributed by atoms with Crippen LogP contribution in [-0.2, 0) is 6.42 Å². The second kappa shape index (κ2) is 11.9. The van der Waals surface area contributed by atoms with Crippen LogP contribution >= 0.6 is 0 Å². The Bertz CT molecular complexity index is 2390. The molecular formula is C47H33N. The molecule has 0 saturated heterocycles. The van der Waals surface area contributed by atoms with Crippen molar-refractivity contribution in [1.82, 2.24) is 0 Å². The lowest BCUT2D eigenvalue weighted by molar-refractivity contribution is 1.26. The van der Waals surface area contributed by atoms with Crippen LogP contribution in [0, 0.1) is 0 Å². The van der Waals surface area contributed by atoms with Gasteiger partial charge in [0.05, 0.1) is 0 Å². The lowest BCUT2D eigenvalue weighted by atomic mass is 9.98. The largest absolute Gasteiger partial charge is 0.311 e. The summed E-state index contributed by atoms with van der Waals surface area (Å²) in [5, 5.41) is 2.52. The van der Waals surface area contributed by atoms with E-state index in [9.17, 15) is 0 Å². The van der Waals surface area contributed by atoms with E-state index < -0.39 is 0 Å². The predicted molar refractivity (Wildman–Crippen MR) is 203 cm³/mol. The molecule has 48 heavy (non-hydrogen) atoms. The molecule has 0 unspecified atom stereocenters. The van der Waals surface area contributed by atoms with E-state index in [0.717, 1.165) is 23.5 Å². The maximum absolute atomic E-state index is 2.37. The number of anilines is 3. The molecule has 0 aromatic heterocycles. The molecule has 8 aromatic rings. The van der Waals surface area contributed by atoms with E-state index in [1.165, 1.54) is 66.4 Å². The molecule has 0 amide bonds. The van der Waals surface area contributed by atoms with Gasteiger partial charge in [-0.3, -0.25) is 0 Å². The van der Waals surface area contributed by atoms with Crippen LogP contribution in [0.5, 0.6) is 0 Å². The Labute approximate surface area is 282 Å². The number of nitrogens with zero attached hydrogens (tertiary/aromatic N) is 1. The minimum Gasteiger partial charge on any atom is -0.311 e. The van der Waals surface area contributed by atoms with Crippen LogP contribution in [0.2, 0.25) is 0 Å². The number of benzene rings is 8. The van der Waals surface area contributed by atoms with Crippen molar-refractivity contribution >= 4 is 27.8 Å². The second-order valence-electron chi connectivity index (χ2n) is 12.6. The summed E-state index contributed by atoms with van der Waals surface area (Å²) in [6, 6.07) is 68.4. The van der Waals surface area contributed by atoms with Crippen LogP contribution in [-0.4, -0.2) is 0 Å². The maximum atomic E-state index is 2.37. The Balaban J connectivity index is 1.06. The average Bonchev–Trinajstić information content (AvgIpc) is 3.54. The zero-order valence-corrected chi connectivity index (χ0v) is 26.6. The molecule has 0 saturated carbocycles. The monoisotopic (exact) mass is 611 g/mol. The van der Waals surface area contributed by atoms with Crippen molar-refractivity contribution < 1.29 is 0 Å². The summed E-state index contributed by atoms with van der Waals surface area (Å²) >= 11 is 0. The van der Waals surface area contributed by atoms with Crippen molar-refractivity contribution in [2.24, 2.45) is 0 Å². The number of fused-ring (bicyclic) bond motifs is 4. The first-order chi connectivity index (χ1) is 23.8. The van der Waals surface area contributed by atoms with E-state index >= 15 is 0 Å². The summed E-state index contributed by atoms with van der Waals surface area (Å²) in [5.74, 6) is 0. The first-order valence-corrected chi connectivity index (χ1v) is 16.6. The third-order valence-corrected chi connectivity index (χ3v) is 9.69. The molecule has 8 aromatic carbocycles. The van der Waals surface area contributed by atoms with Crippen LogP contribution in [0.15, 0.2) is 188 Å². The highest BCUT2D eigenvalue weighted by Gasteiger charge is 2.19. The predicted octanol–water partition coefficient (Wildman–Crippen LogP) is 12.9. The Morgan fingerprint density at radius 1 is 0.292 bits per heavy atom. The summed E-state index contributed by atoms with van der Waals surface area (Å²) in [6.45, 7) is 0. The van der Waals surface area contributed by atoms with Crippen LogP contribution < -0.4 is 4.90 Å². The van der Waals surface area contributed by atoms with Gasteiger partial charge in [0.25, 0.3) is 0 Å². The van der Waals surface area contributed by atoms with E-state index in [-0.39, 0.29) is 0 Å². The summed E-state index contributed by atoms with van der Waals surface area (Å²) in [5.41, 5.74) is 16.3. The summed E-state index contributed by atoms with van der Waals surface area (Å²) in [6.07, 6.45) is 0.999. The minimum absolute atomic E-state index is 0.999. The molecule has 0 radical (unpaired) electrons. The third-order valence-electron chi connectivity index (χ3n) is 9.69. The minimum atomic E-state index is 0.999. The molecule has 1 heteroatoms. The van der Waals surface area contributed by atoms with E-state index in [2.05, 4.69) is 193 Å². The van der Waals surface area contributed by atoms with Crippen LogP contribution in [0.1, 0.15) is 11.1 Å². The molecule has 0 atom stereocenters. The van der Waals surface area contributed by atoms with Crippen LogP contribution in [0.3, 0.4) is 0 Å². The number of hydrogen-bond acceptors (Lipinski definition) is 1. The summed E-state index contributed by atoms with van der Waals surface area (Å²) in [7, 11) is 0. The van der Waals surface area contributed by atoms with E-state index in [4.69, 9.17) is 0 Å². The molecule has 1 aliphatic carbocycles. The fourth-order valence-corrected chi connectivity index (χ4v) is 7.18. The molecule has 226 valence electrons. The topological polar surface area (TPSA) is 3.24 Å². The fourth-order valence-electron chi connectivity index (χ4n) is 7.18. The van der Waals surface area contributed by atoms with Crippen molar-refractivity contribution in [1.29, 1.82) is 0 Å². The quantitative estimate of drug-likeness (QED) is 0.181. The zero-order chi connectivity index (χ0) is 31.9. The van der Waals surface area contributed by atoms with E-state index in [1.54, 1.807) is 0 Å². The number of hydrogen-bond donors (Lipinski definition) is 0. The van der Waals surface area contributed by atoms with Gasteiger partial charge in [0.2, 0.25) is 0 Å². The zero-order valence-electron chi connectivity index (χ0n) is 26.6. The lowest BCUT2D eigenvalue weighted by Crippen LogP contribution is -2.09. The number of rotatable bonds is 6. The molecule has 0 fully saturated rings. The van der Waals surface area contributed by atoms with Gasteiger partial charge in [-0.15, -0.1) is 0 Å². The fraction of sp³-hybridized carbons (Fsp3) is 0.0213. The molecular weight excluding hydrogens is 579 g/mol. The Hall–Kier alpha value is -6.18. The molecule has 9 rings (SSSR count). The molecule has 1 aliphatic rings. The van der Waals surface area contributed by atoms with Gasteiger partial charge in [-0.05, 0) is 115 Å². The van der Waals surface area contributed by atoms with Crippen molar-refractivity contribution in [3.8, 4) is 44.5 Å². The van der Waals surface area contributed by atoms with Crippen molar-refractivity contribution in [3.63, 3.8) is 0 Å². The highest BCUT2D eigenvalue weighted by Crippen LogP contribution is 2.40. The first-order valence-electron chi connectivity index (χ1n) is 16.6. The first kappa shape index (κ1) is 28.1. The van der Waals surface area contributed by atoms with Crippen LogP contribution in [0.4, 0.5) is 17.1 Å². The van der Waals surface area contributed by atoms with E-state index in [1.807, 2.05) is 0 Å². The van der Waals surface area contributed by atoms with Gasteiger partial charge >= 0.3 is 0 Å². The maximum Gasteiger partial charge on any atom is 0.0462 e. The Morgan fingerprint density at radius 3 is 1.42 bits per heavy atom. The van der Waals surface area contributed by atoms with Crippen molar-refractivity contribution in [2.75, 3.05) is 4.90 Å². The van der Waals surface area contributed by atoms with Crippen molar-refractivity contribution in [3.05, 3.63) is 199 Å². The van der Waals surface area contributed by atoms with Gasteiger partial charge in [0.1, 0.15) is 0 Å². The average molecular weight is 612 g/mol. The van der Waals surface area contributed by atoms with E-state index in [0.29, 0.717) is 0 Å². The van der Waals surface area contributed by atoms with Gasteiger partial charge in [-0.25, -0.2) is 0 Å². The molecule has 0 aliphatic heterocycles. The van der Waals surface area contributed by atoms with Gasteiger partial charge < -0.3 is 4.90 Å². The molecule has 1 nitrogen and oxygen atoms in total. The SMILES string of the molecule is c1ccc(-c2ccc(N(c3ccc(-c4ccc5c(c4)Cc4ccccc4-5)cc3)c3ccc(-c4ccc5ccccc5c4)cc3)cc2)cc1. The molecule has 0 spiro atoms. The molecule has 0 heterocycles. The normalized spacial score (nSPS) is 11.7. The Kier molecular flexibility index (Phi) is 6.95. The smallest absolute Gasteiger partial charge is 0.0462 e. The van der Waals surface area contributed by atoms with Crippen LogP contribution in [0.25, 0.3) is 55.3 Å². The van der Waals surface area contributed by atoms with Gasteiger partial charge in [0, 0.05) is 17.1 Å². The summed E-state index contributed by atoms with van der Waals surface area (Å²) in [4.78, 5) is 2.35. The highest BCUT2D eigenvalue weighted by atomic mass is 15.1. The van der Waals surface area contributed by atoms with Gasteiger partial charge in [-0.1, -0.05) is 146 Å². The third kappa shape index (κ3) is 5.16. The molecule has 0 N–H and O–H groups in total. The highest BCUT2D eigenvalue weighted by molar-refractivity contribution is 5.88. The van der Waals surface area contributed by atoms with Crippen molar-refractivity contribution in [2.45, 2.75) is 6.42 Å².